The van der Waals surface area contributed by atoms with Crippen molar-refractivity contribution in [2.45, 2.75) is 43.7 Å². The average molecular weight is 348 g/mol. The molecule has 1 heterocycles. The number of thioether (sulfide) groups is 1. The third-order valence-corrected chi connectivity index (χ3v) is 3.88. The molecule has 7 nitrogen and oxygen atoms in total. The summed E-state index contributed by atoms with van der Waals surface area (Å²) >= 11 is 1.11. The SMILES string of the molecule is CC(C)NC(=O)NC(=O)[C@H](C)Sc1nnc(Cc2ccccc2)o1. The van der Waals surface area contributed by atoms with Gasteiger partial charge in [-0.3, -0.25) is 10.1 Å². The van der Waals surface area contributed by atoms with Crippen LogP contribution in [0.5, 0.6) is 0 Å². The van der Waals surface area contributed by atoms with E-state index in [1.165, 1.54) is 0 Å². The monoisotopic (exact) mass is 348 g/mol. The molecule has 1 aromatic carbocycles. The molecule has 2 N–H and O–H groups in total. The highest BCUT2D eigenvalue weighted by Gasteiger charge is 2.20. The minimum Gasteiger partial charge on any atom is -0.416 e. The minimum absolute atomic E-state index is 0.0442. The average Bonchev–Trinajstić information content (AvgIpc) is 2.94. The molecule has 1 atom stereocenters. The highest BCUT2D eigenvalue weighted by molar-refractivity contribution is 8.00. The molecule has 0 aliphatic rings. The van der Waals surface area contributed by atoms with Gasteiger partial charge in [-0.1, -0.05) is 42.1 Å². The molecule has 0 fully saturated rings. The maximum Gasteiger partial charge on any atom is 0.321 e. The molecule has 0 aliphatic carbocycles. The Labute approximate surface area is 144 Å². The molecule has 0 spiro atoms. The standard InChI is InChI=1S/C16H20N4O3S/c1-10(2)17-15(22)18-14(21)11(3)24-16-20-19-13(23-16)9-12-7-5-4-6-8-12/h4-8,10-11H,9H2,1-3H3,(H2,17,18,21,22)/t11-/m0/s1. The highest BCUT2D eigenvalue weighted by Crippen LogP contribution is 2.22. The lowest BCUT2D eigenvalue weighted by atomic mass is 10.2. The van der Waals surface area contributed by atoms with Gasteiger partial charge in [0.25, 0.3) is 5.22 Å². The topological polar surface area (TPSA) is 97.1 Å². The molecule has 128 valence electrons. The van der Waals surface area contributed by atoms with Crippen molar-refractivity contribution in [2.75, 3.05) is 0 Å². The van der Waals surface area contributed by atoms with Gasteiger partial charge in [-0.2, -0.15) is 0 Å². The van der Waals surface area contributed by atoms with Crippen molar-refractivity contribution in [2.24, 2.45) is 0 Å². The lowest BCUT2D eigenvalue weighted by Crippen LogP contribution is -2.45. The third kappa shape index (κ3) is 5.69. The normalized spacial score (nSPS) is 12.0. The lowest BCUT2D eigenvalue weighted by Gasteiger charge is -2.11. The molecule has 0 bridgehead atoms. The molecule has 3 amide bonds. The summed E-state index contributed by atoms with van der Waals surface area (Å²) in [5.74, 6) is 0.0646. The first kappa shape index (κ1) is 18.0. The molecule has 8 heteroatoms. The maximum absolute atomic E-state index is 12.0. The predicted octanol–water partition coefficient (Wildman–Crippen LogP) is 2.38. The van der Waals surface area contributed by atoms with E-state index in [2.05, 4.69) is 20.8 Å². The third-order valence-electron chi connectivity index (χ3n) is 2.95. The van der Waals surface area contributed by atoms with Crippen molar-refractivity contribution < 1.29 is 14.0 Å². The number of benzene rings is 1. The molecule has 0 saturated heterocycles. The zero-order chi connectivity index (χ0) is 17.5. The van der Waals surface area contributed by atoms with Gasteiger partial charge in [-0.05, 0) is 26.3 Å². The lowest BCUT2D eigenvalue weighted by molar-refractivity contribution is -0.119. The number of hydrogen-bond acceptors (Lipinski definition) is 6. The molecule has 2 rings (SSSR count). The first-order chi connectivity index (χ1) is 11.4. The van der Waals surface area contributed by atoms with Crippen LogP contribution < -0.4 is 10.6 Å². The molecule has 24 heavy (non-hydrogen) atoms. The Hall–Kier alpha value is -2.35. The molecule has 0 saturated carbocycles. The maximum atomic E-state index is 12.0. The summed E-state index contributed by atoms with van der Waals surface area (Å²) in [4.78, 5) is 23.5. The molecular formula is C16H20N4O3S. The van der Waals surface area contributed by atoms with Crippen LogP contribution in [0.2, 0.25) is 0 Å². The molecule has 0 aliphatic heterocycles. The van der Waals surface area contributed by atoms with Crippen LogP contribution >= 0.6 is 11.8 Å². The highest BCUT2D eigenvalue weighted by atomic mass is 32.2. The fourth-order valence-corrected chi connectivity index (χ4v) is 2.54. The van der Waals surface area contributed by atoms with E-state index in [-0.39, 0.29) is 6.04 Å². The zero-order valence-electron chi connectivity index (χ0n) is 13.8. The van der Waals surface area contributed by atoms with Gasteiger partial charge in [0.05, 0.1) is 11.7 Å². The van der Waals surface area contributed by atoms with Gasteiger partial charge in [0.15, 0.2) is 0 Å². The van der Waals surface area contributed by atoms with Gasteiger partial charge in [0, 0.05) is 6.04 Å². The number of rotatable bonds is 6. The Morgan fingerprint density at radius 3 is 2.54 bits per heavy atom. The molecule has 1 aromatic heterocycles. The van der Waals surface area contributed by atoms with E-state index in [9.17, 15) is 9.59 Å². The van der Waals surface area contributed by atoms with Crippen molar-refractivity contribution in [3.63, 3.8) is 0 Å². The van der Waals surface area contributed by atoms with Crippen molar-refractivity contribution >= 4 is 23.7 Å². The fraction of sp³-hybridized carbons (Fsp3) is 0.375. The number of amides is 3. The van der Waals surface area contributed by atoms with E-state index in [0.29, 0.717) is 17.5 Å². The molecule has 2 aromatic rings. The van der Waals surface area contributed by atoms with Crippen LogP contribution in [-0.4, -0.2) is 33.4 Å². The number of hydrogen-bond donors (Lipinski definition) is 2. The first-order valence-corrected chi connectivity index (χ1v) is 8.46. The van der Waals surface area contributed by atoms with Crippen molar-refractivity contribution in [1.82, 2.24) is 20.8 Å². The number of carbonyl (C=O) groups excluding carboxylic acids is 2. The Morgan fingerprint density at radius 1 is 1.17 bits per heavy atom. The quantitative estimate of drug-likeness (QED) is 0.778. The predicted molar refractivity (Wildman–Crippen MR) is 90.7 cm³/mol. The van der Waals surface area contributed by atoms with E-state index >= 15 is 0 Å². The molecule has 0 radical (unpaired) electrons. The largest absolute Gasteiger partial charge is 0.416 e. The number of nitrogens with one attached hydrogen (secondary N) is 2. The Kier molecular flexibility index (Phi) is 6.36. The second kappa shape index (κ2) is 8.49. The van der Waals surface area contributed by atoms with Gasteiger partial charge >= 0.3 is 6.03 Å². The number of urea groups is 1. The van der Waals surface area contributed by atoms with E-state index in [1.54, 1.807) is 6.92 Å². The Balaban J connectivity index is 1.87. The van der Waals surface area contributed by atoms with Gasteiger partial charge in [-0.25, -0.2) is 4.79 Å². The van der Waals surface area contributed by atoms with E-state index in [4.69, 9.17) is 4.42 Å². The van der Waals surface area contributed by atoms with E-state index < -0.39 is 17.2 Å². The van der Waals surface area contributed by atoms with E-state index in [1.807, 2.05) is 44.2 Å². The second-order valence-electron chi connectivity index (χ2n) is 5.50. The number of nitrogens with zero attached hydrogens (tertiary/aromatic N) is 2. The second-order valence-corrected chi connectivity index (χ2v) is 6.79. The summed E-state index contributed by atoms with van der Waals surface area (Å²) in [6.45, 7) is 5.30. The van der Waals surface area contributed by atoms with Crippen LogP contribution in [0, 0.1) is 0 Å². The zero-order valence-corrected chi connectivity index (χ0v) is 14.6. The molecular weight excluding hydrogens is 328 g/mol. The van der Waals surface area contributed by atoms with E-state index in [0.717, 1.165) is 17.3 Å². The van der Waals surface area contributed by atoms with Crippen LogP contribution in [0.1, 0.15) is 32.2 Å². The summed E-state index contributed by atoms with van der Waals surface area (Å²) in [6.07, 6.45) is 0.534. The summed E-state index contributed by atoms with van der Waals surface area (Å²) in [5, 5.41) is 12.5. The van der Waals surface area contributed by atoms with Crippen LogP contribution in [0.15, 0.2) is 40.0 Å². The van der Waals surface area contributed by atoms with Crippen molar-refractivity contribution in [1.29, 1.82) is 0 Å². The van der Waals surface area contributed by atoms with Crippen LogP contribution in [0.4, 0.5) is 4.79 Å². The van der Waals surface area contributed by atoms with Crippen LogP contribution in [0.25, 0.3) is 0 Å². The smallest absolute Gasteiger partial charge is 0.321 e. The van der Waals surface area contributed by atoms with Gasteiger partial charge in [0.2, 0.25) is 11.8 Å². The fourth-order valence-electron chi connectivity index (χ4n) is 1.84. The number of imide groups is 1. The number of carbonyl (C=O) groups is 2. The van der Waals surface area contributed by atoms with Crippen molar-refractivity contribution in [3.8, 4) is 0 Å². The van der Waals surface area contributed by atoms with Crippen LogP contribution in [0.3, 0.4) is 0 Å². The first-order valence-electron chi connectivity index (χ1n) is 7.58. The molecule has 0 unspecified atom stereocenters. The summed E-state index contributed by atoms with van der Waals surface area (Å²) < 4.78 is 5.54. The Bertz CT molecular complexity index is 688. The van der Waals surface area contributed by atoms with Crippen molar-refractivity contribution in [3.05, 3.63) is 41.8 Å². The summed E-state index contributed by atoms with van der Waals surface area (Å²) in [5.41, 5.74) is 1.06. The number of aromatic nitrogens is 2. The minimum atomic E-state index is -0.534. The Morgan fingerprint density at radius 2 is 1.88 bits per heavy atom. The van der Waals surface area contributed by atoms with Gasteiger partial charge in [-0.15, -0.1) is 10.2 Å². The van der Waals surface area contributed by atoms with Gasteiger partial charge < -0.3 is 9.73 Å². The van der Waals surface area contributed by atoms with Gasteiger partial charge in [0.1, 0.15) is 0 Å². The summed E-state index contributed by atoms with van der Waals surface area (Å²) in [6, 6.07) is 9.20. The van der Waals surface area contributed by atoms with Crippen LogP contribution in [-0.2, 0) is 11.2 Å². The summed E-state index contributed by atoms with van der Waals surface area (Å²) in [7, 11) is 0.